The zero-order valence-corrected chi connectivity index (χ0v) is 23.4. The molecule has 1 unspecified atom stereocenters. The third-order valence-electron chi connectivity index (χ3n) is 8.07. The number of ether oxygens (including phenoxy) is 1. The van der Waals surface area contributed by atoms with Gasteiger partial charge in [-0.15, -0.1) is 0 Å². The molecule has 1 heterocycles. The van der Waals surface area contributed by atoms with Crippen LogP contribution in [-0.4, -0.2) is 71.2 Å². The number of hydrogen-bond acceptors (Lipinski definition) is 5. The molecule has 1 aliphatic heterocycles. The molecule has 8 heteroatoms. The molecule has 3 aromatic rings. The number of aliphatic carboxylic acids is 1. The van der Waals surface area contributed by atoms with Crippen molar-refractivity contribution >= 4 is 18.0 Å². The number of fused-ring (bicyclic) bond motifs is 3. The van der Waals surface area contributed by atoms with Crippen LogP contribution in [0.25, 0.3) is 11.1 Å². The average molecular weight is 556 g/mol. The predicted molar refractivity (Wildman–Crippen MR) is 156 cm³/mol. The monoisotopic (exact) mass is 555 g/mol. The van der Waals surface area contributed by atoms with Gasteiger partial charge >= 0.3 is 12.1 Å². The molecule has 41 heavy (non-hydrogen) atoms. The average Bonchev–Trinajstić information content (AvgIpc) is 3.53. The quantitative estimate of drug-likeness (QED) is 0.350. The number of carboxylic acid groups (broad SMARTS) is 1. The van der Waals surface area contributed by atoms with Gasteiger partial charge in [-0.2, -0.15) is 0 Å². The van der Waals surface area contributed by atoms with Crippen molar-refractivity contribution < 1.29 is 24.2 Å². The van der Waals surface area contributed by atoms with Gasteiger partial charge in [-0.05, 0) is 40.7 Å². The van der Waals surface area contributed by atoms with Gasteiger partial charge in [0.25, 0.3) is 0 Å². The maximum atomic E-state index is 14.0. The summed E-state index contributed by atoms with van der Waals surface area (Å²) >= 11 is 0. The normalized spacial score (nSPS) is 18.0. The van der Waals surface area contributed by atoms with Gasteiger partial charge in [-0.25, -0.2) is 4.79 Å². The molecule has 1 saturated heterocycles. The summed E-state index contributed by atoms with van der Waals surface area (Å²) in [5, 5.41) is 12.2. The van der Waals surface area contributed by atoms with Crippen LogP contribution in [0.5, 0.6) is 0 Å². The maximum Gasteiger partial charge on any atom is 0.408 e. The van der Waals surface area contributed by atoms with E-state index in [1.807, 2.05) is 61.5 Å². The van der Waals surface area contributed by atoms with E-state index in [0.717, 1.165) is 27.8 Å². The Bertz CT molecular complexity index is 1350. The number of carboxylic acids is 1. The summed E-state index contributed by atoms with van der Waals surface area (Å²) in [7, 11) is 0. The topological polar surface area (TPSA) is 99.2 Å². The van der Waals surface area contributed by atoms with E-state index in [1.165, 1.54) is 0 Å². The second-order valence-corrected chi connectivity index (χ2v) is 10.9. The molecule has 0 aromatic heterocycles. The predicted octanol–water partition coefficient (Wildman–Crippen LogP) is 4.88. The summed E-state index contributed by atoms with van der Waals surface area (Å²) in [4.78, 5) is 42.5. The molecule has 0 radical (unpaired) electrons. The molecule has 214 valence electrons. The molecule has 2 aliphatic rings. The number of alkyl carbamates (subject to hydrolysis) is 1. The Hall–Kier alpha value is -4.17. The fourth-order valence-electron chi connectivity index (χ4n) is 6.14. The lowest BCUT2D eigenvalue weighted by molar-refractivity contribution is -0.141. The molecule has 0 spiro atoms. The zero-order valence-electron chi connectivity index (χ0n) is 23.4. The van der Waals surface area contributed by atoms with Crippen molar-refractivity contribution in [1.82, 2.24) is 15.1 Å². The summed E-state index contributed by atoms with van der Waals surface area (Å²) in [5.41, 5.74) is 4.43. The summed E-state index contributed by atoms with van der Waals surface area (Å²) in [6.45, 7) is 4.18. The number of amides is 2. The van der Waals surface area contributed by atoms with Crippen molar-refractivity contribution in [3.63, 3.8) is 0 Å². The van der Waals surface area contributed by atoms with Gasteiger partial charge in [0.1, 0.15) is 12.1 Å². The zero-order chi connectivity index (χ0) is 28.8. The van der Waals surface area contributed by atoms with Crippen LogP contribution in [0.1, 0.15) is 48.8 Å². The molecule has 2 N–H and O–H groups in total. The van der Waals surface area contributed by atoms with Crippen LogP contribution >= 0.6 is 0 Å². The first-order valence-corrected chi connectivity index (χ1v) is 14.3. The van der Waals surface area contributed by atoms with Crippen LogP contribution in [0.3, 0.4) is 0 Å². The van der Waals surface area contributed by atoms with Gasteiger partial charge in [0.05, 0.1) is 6.42 Å². The van der Waals surface area contributed by atoms with Crippen molar-refractivity contribution in [2.45, 2.75) is 44.2 Å². The van der Waals surface area contributed by atoms with Crippen LogP contribution in [0.2, 0.25) is 0 Å². The number of carbonyl (C=O) groups is 3. The Morgan fingerprint density at radius 3 is 2.22 bits per heavy atom. The molecule has 1 fully saturated rings. The number of rotatable bonds is 11. The van der Waals surface area contributed by atoms with Crippen LogP contribution in [0.15, 0.2) is 78.9 Å². The van der Waals surface area contributed by atoms with Crippen LogP contribution in [0, 0.1) is 0 Å². The fraction of sp³-hybridized carbons (Fsp3) is 0.364. The third kappa shape index (κ3) is 6.28. The molecular formula is C33H37N3O5. The molecule has 2 amide bonds. The fourth-order valence-corrected chi connectivity index (χ4v) is 6.14. The number of nitrogens with zero attached hydrogens (tertiary/aromatic N) is 2. The van der Waals surface area contributed by atoms with Crippen LogP contribution in [-0.2, 0) is 20.9 Å². The Morgan fingerprint density at radius 2 is 1.59 bits per heavy atom. The van der Waals surface area contributed by atoms with Crippen LogP contribution in [0.4, 0.5) is 4.79 Å². The first-order chi connectivity index (χ1) is 19.9. The second kappa shape index (κ2) is 12.6. The van der Waals surface area contributed by atoms with E-state index in [0.29, 0.717) is 39.0 Å². The highest BCUT2D eigenvalue weighted by Gasteiger charge is 2.48. The molecular weight excluding hydrogens is 518 g/mol. The lowest BCUT2D eigenvalue weighted by Gasteiger charge is -2.35. The minimum atomic E-state index is -1.20. The van der Waals surface area contributed by atoms with Gasteiger partial charge < -0.3 is 20.1 Å². The Kier molecular flexibility index (Phi) is 8.69. The van der Waals surface area contributed by atoms with Crippen molar-refractivity contribution in [1.29, 1.82) is 0 Å². The highest BCUT2D eigenvalue weighted by atomic mass is 16.5. The van der Waals surface area contributed by atoms with Crippen LogP contribution < -0.4 is 5.32 Å². The van der Waals surface area contributed by atoms with Crippen molar-refractivity contribution in [2.24, 2.45) is 0 Å². The van der Waals surface area contributed by atoms with E-state index >= 15 is 0 Å². The standard InChI is InChI=1S/C33H37N3O5/c1-2-18-36(19-16-30(37)38)31(39)33(17-20-35(23-33)21-24-10-4-3-5-11-24)34-32(40)41-22-29-27-14-8-6-12-25(27)26-13-7-9-15-28(26)29/h3-15,29H,2,16-23H2,1H3,(H,34,40)(H,37,38). The summed E-state index contributed by atoms with van der Waals surface area (Å²) in [5.74, 6) is -1.32. The lowest BCUT2D eigenvalue weighted by atomic mass is 9.96. The van der Waals surface area contributed by atoms with Gasteiger partial charge in [-0.3, -0.25) is 14.5 Å². The van der Waals surface area contributed by atoms with Crippen molar-refractivity contribution in [2.75, 3.05) is 32.8 Å². The first-order valence-electron chi connectivity index (χ1n) is 14.3. The number of hydrogen-bond donors (Lipinski definition) is 2. The van der Waals surface area contributed by atoms with E-state index in [1.54, 1.807) is 4.90 Å². The van der Waals surface area contributed by atoms with Gasteiger partial charge in [0, 0.05) is 38.6 Å². The highest BCUT2D eigenvalue weighted by Crippen LogP contribution is 2.44. The number of benzene rings is 3. The van der Waals surface area contributed by atoms with Gasteiger partial charge in [-0.1, -0.05) is 85.8 Å². The van der Waals surface area contributed by atoms with E-state index in [4.69, 9.17) is 4.74 Å². The van der Waals surface area contributed by atoms with E-state index < -0.39 is 17.6 Å². The van der Waals surface area contributed by atoms with E-state index in [9.17, 15) is 19.5 Å². The number of nitrogens with one attached hydrogen (secondary N) is 1. The molecule has 5 rings (SSSR count). The minimum absolute atomic E-state index is 0.0921. The second-order valence-electron chi connectivity index (χ2n) is 10.9. The first kappa shape index (κ1) is 28.4. The molecule has 0 saturated carbocycles. The summed E-state index contributed by atoms with van der Waals surface area (Å²) < 4.78 is 5.83. The van der Waals surface area contributed by atoms with E-state index in [-0.39, 0.29) is 31.4 Å². The largest absolute Gasteiger partial charge is 0.481 e. The molecule has 1 aliphatic carbocycles. The number of carbonyl (C=O) groups excluding carboxylic acids is 2. The molecule has 1 atom stereocenters. The highest BCUT2D eigenvalue weighted by molar-refractivity contribution is 5.91. The van der Waals surface area contributed by atoms with Crippen molar-refractivity contribution in [3.05, 3.63) is 95.6 Å². The third-order valence-corrected chi connectivity index (χ3v) is 8.07. The maximum absolute atomic E-state index is 14.0. The smallest absolute Gasteiger partial charge is 0.408 e. The van der Waals surface area contributed by atoms with Gasteiger partial charge in [0.2, 0.25) is 5.91 Å². The molecule has 8 nitrogen and oxygen atoms in total. The minimum Gasteiger partial charge on any atom is -0.481 e. The summed E-state index contributed by atoms with van der Waals surface area (Å²) in [6.07, 6.45) is 0.299. The Labute approximate surface area is 240 Å². The molecule has 3 aromatic carbocycles. The van der Waals surface area contributed by atoms with Gasteiger partial charge in [0.15, 0.2) is 0 Å². The Balaban J connectivity index is 1.33. The number of likely N-dealkylation sites (tertiary alicyclic amines) is 1. The van der Waals surface area contributed by atoms with Crippen molar-refractivity contribution in [3.8, 4) is 11.1 Å². The lowest BCUT2D eigenvalue weighted by Crippen LogP contribution is -2.61. The van der Waals surface area contributed by atoms with E-state index in [2.05, 4.69) is 34.5 Å². The molecule has 0 bridgehead atoms. The summed E-state index contributed by atoms with van der Waals surface area (Å²) in [6, 6.07) is 26.3. The SMILES string of the molecule is CCCN(CCC(=O)O)C(=O)C1(NC(=O)OCC2c3ccccc3-c3ccccc32)CCN(Cc2ccccc2)C1. The Morgan fingerprint density at radius 1 is 0.951 bits per heavy atom.